The highest BCUT2D eigenvalue weighted by atomic mass is 19.4. The highest BCUT2D eigenvalue weighted by Crippen LogP contribution is 2.39. The van der Waals surface area contributed by atoms with E-state index in [1.54, 1.807) is 20.3 Å². The van der Waals surface area contributed by atoms with Crippen molar-refractivity contribution in [3.63, 3.8) is 0 Å². The Morgan fingerprint density at radius 1 is 0.913 bits per heavy atom. The van der Waals surface area contributed by atoms with Crippen molar-refractivity contribution >= 4 is 11.1 Å². The molecular weight excluding hydrogens is 585 g/mol. The molecule has 1 N–H and O–H groups in total. The molecule has 3 aromatic carbocycles. The molecule has 0 radical (unpaired) electrons. The van der Waals surface area contributed by atoms with Crippen LogP contribution in [0, 0.1) is 19.3 Å². The zero-order chi connectivity index (χ0) is 35.7. The van der Waals surface area contributed by atoms with Crippen LogP contribution in [0.4, 0.5) is 13.2 Å². The molecule has 1 atom stereocenters. The first-order valence-corrected chi connectivity index (χ1v) is 15.9. The van der Waals surface area contributed by atoms with Gasteiger partial charge in [0.15, 0.2) is 0 Å². The van der Waals surface area contributed by atoms with Crippen LogP contribution in [0.15, 0.2) is 78.9 Å². The molecule has 0 saturated heterocycles. The molecule has 0 aliphatic rings. The number of alkyl halides is 3. The summed E-state index contributed by atoms with van der Waals surface area (Å²) in [5, 5.41) is 7.00. The monoisotopic (exact) mass is 642 g/mol. The summed E-state index contributed by atoms with van der Waals surface area (Å²) in [5.41, 5.74) is 9.50. The van der Waals surface area contributed by atoms with E-state index in [2.05, 4.69) is 74.9 Å². The number of hydrogen-bond donors (Lipinski definition) is 1. The molecule has 0 fully saturated rings. The molecule has 0 saturated carbocycles. The summed E-state index contributed by atoms with van der Waals surface area (Å²) in [5.74, 6) is 0.221. The lowest BCUT2D eigenvalue weighted by Crippen LogP contribution is -2.18. The number of allylic oxidation sites excluding steroid dienone is 3. The van der Waals surface area contributed by atoms with Crippen LogP contribution in [0.5, 0.6) is 5.75 Å². The quantitative estimate of drug-likeness (QED) is 0.224. The first-order chi connectivity index (χ1) is 21.6. The standard InChI is InChI=1S/C35H41F3O.C2H6O.C2H6.CH4O/c1-9-34(7,8)27(6)30-12-10-11-28(22-30)16-15-24(3)33(26(5)29-17-13-23(2)14-18-29)32-20-19-31(21-25(32)4)39-35(36,37)38;1-3-2;2*1-2/h10-14,17-22,27H,5,9,15-16H2,1-4,6-8H3;1-2H3;1-2H3;2H,1H3/b33-24-;;;. The maximum absolute atomic E-state index is 12.8. The number of benzene rings is 3. The zero-order valence-corrected chi connectivity index (χ0v) is 30.2. The van der Waals surface area contributed by atoms with Gasteiger partial charge < -0.3 is 14.6 Å². The highest BCUT2D eigenvalue weighted by molar-refractivity contribution is 6.05. The normalized spacial score (nSPS) is 12.2. The van der Waals surface area contributed by atoms with Gasteiger partial charge in [-0.05, 0) is 96.0 Å². The topological polar surface area (TPSA) is 38.7 Å². The molecule has 256 valence electrons. The fraction of sp³-hybridized carbons (Fsp3) is 0.450. The second kappa shape index (κ2) is 20.7. The predicted octanol–water partition coefficient (Wildman–Crippen LogP) is 11.8. The molecule has 46 heavy (non-hydrogen) atoms. The van der Waals surface area contributed by atoms with E-state index in [1.165, 1.54) is 23.3 Å². The van der Waals surface area contributed by atoms with E-state index in [4.69, 9.17) is 5.11 Å². The number of aryl methyl sites for hydroxylation is 3. The van der Waals surface area contributed by atoms with Crippen molar-refractivity contribution in [1.82, 2.24) is 0 Å². The second-order valence-corrected chi connectivity index (χ2v) is 11.7. The molecule has 0 aliphatic heterocycles. The van der Waals surface area contributed by atoms with E-state index >= 15 is 0 Å². The minimum absolute atomic E-state index is 0.215. The van der Waals surface area contributed by atoms with Crippen LogP contribution in [0.25, 0.3) is 11.1 Å². The number of methoxy groups -OCH3 is 1. The van der Waals surface area contributed by atoms with Gasteiger partial charge in [-0.25, -0.2) is 0 Å². The summed E-state index contributed by atoms with van der Waals surface area (Å²) >= 11 is 0. The van der Waals surface area contributed by atoms with Crippen molar-refractivity contribution in [2.75, 3.05) is 21.3 Å². The van der Waals surface area contributed by atoms with Gasteiger partial charge in [-0.3, -0.25) is 0 Å². The van der Waals surface area contributed by atoms with Gasteiger partial charge in [0.2, 0.25) is 0 Å². The number of halogens is 3. The van der Waals surface area contributed by atoms with Crippen LogP contribution >= 0.6 is 0 Å². The van der Waals surface area contributed by atoms with E-state index in [1.807, 2.05) is 52.0 Å². The number of aliphatic hydroxyl groups is 1. The summed E-state index contributed by atoms with van der Waals surface area (Å²) in [4.78, 5) is 0. The lowest BCUT2D eigenvalue weighted by molar-refractivity contribution is -0.274. The summed E-state index contributed by atoms with van der Waals surface area (Å²) in [6.07, 6.45) is -1.96. The van der Waals surface area contributed by atoms with Gasteiger partial charge in [0.25, 0.3) is 0 Å². The molecule has 0 aromatic heterocycles. The van der Waals surface area contributed by atoms with E-state index < -0.39 is 6.36 Å². The summed E-state index contributed by atoms with van der Waals surface area (Å²) < 4.78 is 46.9. The molecular formula is C40H57F3O3. The van der Waals surface area contributed by atoms with E-state index in [-0.39, 0.29) is 11.2 Å². The van der Waals surface area contributed by atoms with Gasteiger partial charge in [-0.2, -0.15) is 0 Å². The molecule has 1 unspecified atom stereocenters. The van der Waals surface area contributed by atoms with Crippen molar-refractivity contribution in [2.45, 2.75) is 93.9 Å². The molecule has 3 aromatic rings. The van der Waals surface area contributed by atoms with Crippen LogP contribution in [0.1, 0.15) is 101 Å². The maximum Gasteiger partial charge on any atom is 0.573 e. The Morgan fingerprint density at radius 2 is 1.48 bits per heavy atom. The first kappa shape index (κ1) is 42.6. The average molecular weight is 643 g/mol. The molecule has 3 rings (SSSR count). The largest absolute Gasteiger partial charge is 0.573 e. The Balaban J connectivity index is 0.00000268. The lowest BCUT2D eigenvalue weighted by atomic mass is 9.74. The Labute approximate surface area is 277 Å². The fourth-order valence-electron chi connectivity index (χ4n) is 4.90. The summed E-state index contributed by atoms with van der Waals surface area (Å²) in [6.45, 7) is 23.5. The van der Waals surface area contributed by atoms with Crippen LogP contribution in [0.3, 0.4) is 0 Å². The molecule has 0 amide bonds. The van der Waals surface area contributed by atoms with Crippen LogP contribution in [-0.4, -0.2) is 32.8 Å². The minimum atomic E-state index is -4.73. The molecule has 0 bridgehead atoms. The Kier molecular flexibility index (Phi) is 19.2. The third-order valence-corrected chi connectivity index (χ3v) is 8.15. The first-order valence-electron chi connectivity index (χ1n) is 15.9. The number of hydrogen-bond acceptors (Lipinski definition) is 3. The van der Waals surface area contributed by atoms with Crippen LogP contribution in [-0.2, 0) is 11.2 Å². The van der Waals surface area contributed by atoms with E-state index in [0.29, 0.717) is 11.5 Å². The SMILES string of the molecule is C=C(/C(=C(\C)CCc1cccc(C(C)C(C)(C)CC)c1)c1ccc(OC(F)(F)F)cc1C)c1ccc(C)cc1.CC.CO.COC. The minimum Gasteiger partial charge on any atom is -0.406 e. The average Bonchev–Trinajstić information content (AvgIpc) is 3.02. The molecule has 0 heterocycles. The smallest absolute Gasteiger partial charge is 0.406 e. The van der Waals surface area contributed by atoms with Gasteiger partial charge in [0.1, 0.15) is 5.75 Å². The number of ether oxygens (including phenoxy) is 2. The van der Waals surface area contributed by atoms with Gasteiger partial charge in [-0.1, -0.05) is 120 Å². The van der Waals surface area contributed by atoms with Crippen molar-refractivity contribution in [1.29, 1.82) is 0 Å². The number of rotatable bonds is 10. The van der Waals surface area contributed by atoms with Gasteiger partial charge in [0.05, 0.1) is 0 Å². The van der Waals surface area contributed by atoms with Crippen molar-refractivity contribution in [2.24, 2.45) is 5.41 Å². The fourth-order valence-corrected chi connectivity index (χ4v) is 4.90. The Bertz CT molecular complexity index is 1350. The molecule has 0 spiro atoms. The van der Waals surface area contributed by atoms with Crippen molar-refractivity contribution in [3.05, 3.63) is 112 Å². The molecule has 3 nitrogen and oxygen atoms in total. The molecule has 6 heteroatoms. The summed E-state index contributed by atoms with van der Waals surface area (Å²) in [6, 6.07) is 21.6. The van der Waals surface area contributed by atoms with E-state index in [9.17, 15) is 13.2 Å². The van der Waals surface area contributed by atoms with Gasteiger partial charge in [-0.15, -0.1) is 13.2 Å². The third kappa shape index (κ3) is 13.6. The Hall–Kier alpha value is -3.35. The molecule has 0 aliphatic carbocycles. The van der Waals surface area contributed by atoms with E-state index in [0.717, 1.165) is 59.8 Å². The van der Waals surface area contributed by atoms with Crippen LogP contribution in [0.2, 0.25) is 0 Å². The Morgan fingerprint density at radius 3 is 1.98 bits per heavy atom. The van der Waals surface area contributed by atoms with Crippen molar-refractivity contribution in [3.8, 4) is 5.75 Å². The maximum atomic E-state index is 12.8. The van der Waals surface area contributed by atoms with Gasteiger partial charge >= 0.3 is 6.36 Å². The second-order valence-electron chi connectivity index (χ2n) is 11.7. The van der Waals surface area contributed by atoms with Gasteiger partial charge in [0, 0.05) is 21.3 Å². The lowest BCUT2D eigenvalue weighted by Gasteiger charge is -2.31. The number of aliphatic hydroxyl groups excluding tert-OH is 1. The zero-order valence-electron chi connectivity index (χ0n) is 30.2. The van der Waals surface area contributed by atoms with Crippen molar-refractivity contribution < 1.29 is 27.8 Å². The summed E-state index contributed by atoms with van der Waals surface area (Å²) in [7, 11) is 4.25. The predicted molar refractivity (Wildman–Crippen MR) is 190 cm³/mol. The highest BCUT2D eigenvalue weighted by Gasteiger charge is 2.31. The third-order valence-electron chi connectivity index (χ3n) is 8.15. The van der Waals surface area contributed by atoms with Crippen LogP contribution < -0.4 is 4.74 Å².